The summed E-state index contributed by atoms with van der Waals surface area (Å²) in [5.74, 6) is -0.543. The van der Waals surface area contributed by atoms with Crippen LogP contribution >= 0.6 is 11.6 Å². The van der Waals surface area contributed by atoms with Crippen molar-refractivity contribution in [2.75, 3.05) is 52.3 Å². The molecule has 1 fully saturated rings. The first-order valence-corrected chi connectivity index (χ1v) is 12.1. The van der Waals surface area contributed by atoms with E-state index in [-0.39, 0.29) is 42.6 Å². The second-order valence-electron chi connectivity index (χ2n) is 7.46. The van der Waals surface area contributed by atoms with Gasteiger partial charge < -0.3 is 19.7 Å². The molecule has 1 N–H and O–H groups in total. The van der Waals surface area contributed by atoms with Crippen LogP contribution in [0.25, 0.3) is 0 Å². The van der Waals surface area contributed by atoms with Gasteiger partial charge in [-0.15, -0.1) is 0 Å². The molecule has 33 heavy (non-hydrogen) atoms. The Labute approximate surface area is 198 Å². The molecule has 1 saturated heterocycles. The largest absolute Gasteiger partial charge is 0.495 e. The topological polar surface area (TPSA) is 105 Å². The standard InChI is InChI=1S/C22H26ClN3O6S/c1-25(15-21(27)24-18-6-4-3-5-17(18)23)22(28)14-16-7-8-19(31-2)20(13-16)33(29,30)26-9-11-32-12-10-26/h3-8,13H,9-12,14-15H2,1-2H3,(H,24,27). The zero-order valence-electron chi connectivity index (χ0n) is 18.4. The molecule has 0 spiro atoms. The lowest BCUT2D eigenvalue weighted by atomic mass is 10.1. The van der Waals surface area contributed by atoms with Crippen LogP contribution in [0.5, 0.6) is 5.75 Å². The maximum absolute atomic E-state index is 13.1. The van der Waals surface area contributed by atoms with E-state index in [2.05, 4.69) is 5.32 Å². The van der Waals surface area contributed by atoms with Crippen LogP contribution in [0, 0.1) is 0 Å². The maximum atomic E-state index is 13.1. The lowest BCUT2D eigenvalue weighted by Crippen LogP contribution is -2.40. The van der Waals surface area contributed by atoms with E-state index in [0.29, 0.717) is 29.5 Å². The summed E-state index contributed by atoms with van der Waals surface area (Å²) < 4.78 is 38.1. The molecule has 0 saturated carbocycles. The highest BCUT2D eigenvalue weighted by Gasteiger charge is 2.29. The van der Waals surface area contributed by atoms with Crippen molar-refractivity contribution < 1.29 is 27.5 Å². The first kappa shape index (κ1) is 25.0. The molecule has 1 aliphatic rings. The third-order valence-corrected chi connectivity index (χ3v) is 7.38. The number of benzene rings is 2. The summed E-state index contributed by atoms with van der Waals surface area (Å²) in [6.07, 6.45) is -0.0779. The molecular formula is C22H26ClN3O6S. The number of ether oxygens (including phenoxy) is 2. The minimum Gasteiger partial charge on any atom is -0.495 e. The number of hydrogen-bond donors (Lipinski definition) is 1. The summed E-state index contributed by atoms with van der Waals surface area (Å²) in [4.78, 5) is 26.3. The van der Waals surface area contributed by atoms with E-state index in [4.69, 9.17) is 21.1 Å². The van der Waals surface area contributed by atoms with E-state index in [9.17, 15) is 18.0 Å². The van der Waals surface area contributed by atoms with Gasteiger partial charge in [-0.25, -0.2) is 8.42 Å². The second kappa shape index (κ2) is 11.0. The van der Waals surface area contributed by atoms with Crippen molar-refractivity contribution in [1.82, 2.24) is 9.21 Å². The number of halogens is 1. The van der Waals surface area contributed by atoms with Crippen molar-refractivity contribution in [1.29, 1.82) is 0 Å². The Balaban J connectivity index is 1.69. The fourth-order valence-corrected chi connectivity index (χ4v) is 5.12. The highest BCUT2D eigenvalue weighted by molar-refractivity contribution is 7.89. The maximum Gasteiger partial charge on any atom is 0.246 e. The van der Waals surface area contributed by atoms with Crippen LogP contribution in [0.15, 0.2) is 47.4 Å². The van der Waals surface area contributed by atoms with Crippen molar-refractivity contribution in [3.8, 4) is 5.75 Å². The number of sulfonamides is 1. The van der Waals surface area contributed by atoms with E-state index >= 15 is 0 Å². The minimum absolute atomic E-state index is 0.00341. The Morgan fingerprint density at radius 3 is 2.55 bits per heavy atom. The SMILES string of the molecule is COc1ccc(CC(=O)N(C)CC(=O)Nc2ccccc2Cl)cc1S(=O)(=O)N1CCOCC1. The predicted molar refractivity (Wildman–Crippen MR) is 124 cm³/mol. The van der Waals surface area contributed by atoms with E-state index in [0.717, 1.165) is 0 Å². The molecule has 0 atom stereocenters. The normalized spacial score (nSPS) is 14.5. The van der Waals surface area contributed by atoms with Crippen LogP contribution in [-0.4, -0.2) is 76.4 Å². The molecule has 1 heterocycles. The van der Waals surface area contributed by atoms with Crippen molar-refractivity contribution in [3.63, 3.8) is 0 Å². The number of carbonyl (C=O) groups excluding carboxylic acids is 2. The molecule has 0 aliphatic carbocycles. The zero-order valence-corrected chi connectivity index (χ0v) is 20.0. The van der Waals surface area contributed by atoms with Gasteiger partial charge in [0.05, 0.1) is 44.0 Å². The molecule has 3 rings (SSSR count). The van der Waals surface area contributed by atoms with E-state index in [1.54, 1.807) is 30.3 Å². The quantitative estimate of drug-likeness (QED) is 0.600. The number of para-hydroxylation sites is 1. The van der Waals surface area contributed by atoms with Gasteiger partial charge in [0.25, 0.3) is 0 Å². The number of nitrogens with zero attached hydrogens (tertiary/aromatic N) is 2. The van der Waals surface area contributed by atoms with E-state index in [1.807, 2.05) is 0 Å². The molecule has 9 nitrogen and oxygen atoms in total. The average molecular weight is 496 g/mol. The number of rotatable bonds is 8. The van der Waals surface area contributed by atoms with Gasteiger partial charge in [0.1, 0.15) is 10.6 Å². The summed E-state index contributed by atoms with van der Waals surface area (Å²) in [7, 11) is -0.918. The second-order valence-corrected chi connectivity index (χ2v) is 9.77. The van der Waals surface area contributed by atoms with Gasteiger partial charge in [0, 0.05) is 20.1 Å². The smallest absolute Gasteiger partial charge is 0.246 e. The number of nitrogens with one attached hydrogen (secondary N) is 1. The minimum atomic E-state index is -3.81. The van der Waals surface area contributed by atoms with Crippen LogP contribution in [0.2, 0.25) is 5.02 Å². The molecule has 2 aromatic rings. The summed E-state index contributed by atoms with van der Waals surface area (Å²) in [6.45, 7) is 0.955. The number of anilines is 1. The Kier molecular flexibility index (Phi) is 8.30. The van der Waals surface area contributed by atoms with E-state index < -0.39 is 15.9 Å². The molecule has 178 valence electrons. The number of likely N-dealkylation sites (N-methyl/N-ethyl adjacent to an activating group) is 1. The molecule has 0 bridgehead atoms. The Morgan fingerprint density at radius 1 is 1.18 bits per heavy atom. The number of methoxy groups -OCH3 is 1. The van der Waals surface area contributed by atoms with Gasteiger partial charge in [0.2, 0.25) is 21.8 Å². The summed E-state index contributed by atoms with van der Waals surface area (Å²) in [5.41, 5.74) is 0.948. The van der Waals surface area contributed by atoms with Crippen molar-refractivity contribution >= 4 is 39.1 Å². The Bertz CT molecular complexity index is 1120. The fourth-order valence-electron chi connectivity index (χ4n) is 3.32. The highest BCUT2D eigenvalue weighted by Crippen LogP contribution is 2.29. The van der Waals surface area contributed by atoms with Crippen molar-refractivity contribution in [2.24, 2.45) is 0 Å². The summed E-state index contributed by atoms with van der Waals surface area (Å²) in [6, 6.07) is 11.4. The summed E-state index contributed by atoms with van der Waals surface area (Å²) >= 11 is 6.04. The van der Waals surface area contributed by atoms with Crippen LogP contribution in [0.3, 0.4) is 0 Å². The number of hydrogen-bond acceptors (Lipinski definition) is 6. The lowest BCUT2D eigenvalue weighted by Gasteiger charge is -2.27. The van der Waals surface area contributed by atoms with Crippen LogP contribution in [0.1, 0.15) is 5.56 Å². The third-order valence-electron chi connectivity index (χ3n) is 5.13. The molecule has 0 unspecified atom stereocenters. The van der Waals surface area contributed by atoms with Gasteiger partial charge >= 0.3 is 0 Å². The third kappa shape index (κ3) is 6.23. The summed E-state index contributed by atoms with van der Waals surface area (Å²) in [5, 5.41) is 3.06. The molecule has 1 aliphatic heterocycles. The average Bonchev–Trinajstić information content (AvgIpc) is 2.81. The number of carbonyl (C=O) groups is 2. The Hall–Kier alpha value is -2.66. The molecule has 2 aromatic carbocycles. The highest BCUT2D eigenvalue weighted by atomic mass is 35.5. The van der Waals surface area contributed by atoms with Crippen LogP contribution < -0.4 is 10.1 Å². The van der Waals surface area contributed by atoms with Crippen molar-refractivity contribution in [3.05, 3.63) is 53.1 Å². The zero-order chi connectivity index (χ0) is 24.0. The fraction of sp³-hybridized carbons (Fsp3) is 0.364. The molecule has 11 heteroatoms. The van der Waals surface area contributed by atoms with Gasteiger partial charge in [-0.1, -0.05) is 29.8 Å². The molecular weight excluding hydrogens is 470 g/mol. The van der Waals surface area contributed by atoms with Gasteiger partial charge in [-0.05, 0) is 29.8 Å². The molecule has 2 amide bonds. The van der Waals surface area contributed by atoms with Gasteiger partial charge in [-0.3, -0.25) is 9.59 Å². The van der Waals surface area contributed by atoms with Crippen LogP contribution in [0.4, 0.5) is 5.69 Å². The molecule has 0 aromatic heterocycles. The Morgan fingerprint density at radius 2 is 1.88 bits per heavy atom. The molecule has 0 radical (unpaired) electrons. The van der Waals surface area contributed by atoms with Gasteiger partial charge in [-0.2, -0.15) is 4.31 Å². The monoisotopic (exact) mass is 495 g/mol. The number of amides is 2. The first-order valence-electron chi connectivity index (χ1n) is 10.3. The number of morpholine rings is 1. The van der Waals surface area contributed by atoms with E-state index in [1.165, 1.54) is 35.5 Å². The lowest BCUT2D eigenvalue weighted by molar-refractivity contribution is -0.132. The predicted octanol–water partition coefficient (Wildman–Crippen LogP) is 2.01. The van der Waals surface area contributed by atoms with Crippen LogP contribution in [-0.2, 0) is 30.8 Å². The van der Waals surface area contributed by atoms with Crippen molar-refractivity contribution in [2.45, 2.75) is 11.3 Å². The van der Waals surface area contributed by atoms with Gasteiger partial charge in [0.15, 0.2) is 0 Å². The first-order chi connectivity index (χ1) is 15.7.